The minimum Gasteiger partial charge on any atom is -0.338 e. The van der Waals surface area contributed by atoms with Crippen molar-refractivity contribution in [3.8, 4) is 0 Å². The molecule has 1 atom stereocenters. The standard InChI is InChI=1S/C15H24F3N5O/c1-11-9-22(6-7-23(11)10-15(16,17)18)14(24)19-5-4-13-8-20-21(3)12(13)2/h8,11H,4-7,9-10H2,1-3H3,(H,19,24)/t11-/m0/s1. The first kappa shape index (κ1) is 18.6. The first-order chi connectivity index (χ1) is 11.2. The van der Waals surface area contributed by atoms with Crippen LogP contribution < -0.4 is 5.32 Å². The maximum Gasteiger partial charge on any atom is 0.401 e. The van der Waals surface area contributed by atoms with Crippen LogP contribution in [0.5, 0.6) is 0 Å². The minimum atomic E-state index is -4.21. The predicted octanol–water partition coefficient (Wildman–Crippen LogP) is 1.55. The average molecular weight is 347 g/mol. The first-order valence-electron chi connectivity index (χ1n) is 7.98. The van der Waals surface area contributed by atoms with Crippen LogP contribution in [-0.4, -0.2) is 70.6 Å². The number of rotatable bonds is 4. The van der Waals surface area contributed by atoms with E-state index in [1.807, 2.05) is 14.0 Å². The lowest BCUT2D eigenvalue weighted by Crippen LogP contribution is -2.57. The Kier molecular flexibility index (Phi) is 5.74. The largest absolute Gasteiger partial charge is 0.401 e. The zero-order chi connectivity index (χ0) is 17.9. The average Bonchev–Trinajstić information content (AvgIpc) is 2.80. The fraction of sp³-hybridized carbons (Fsp3) is 0.733. The van der Waals surface area contributed by atoms with Gasteiger partial charge < -0.3 is 10.2 Å². The number of carbonyl (C=O) groups excluding carboxylic acids is 1. The van der Waals surface area contributed by atoms with Crippen LogP contribution in [0.3, 0.4) is 0 Å². The molecule has 1 aromatic heterocycles. The van der Waals surface area contributed by atoms with Crippen molar-refractivity contribution in [2.45, 2.75) is 32.5 Å². The summed E-state index contributed by atoms with van der Waals surface area (Å²) >= 11 is 0. The molecule has 136 valence electrons. The topological polar surface area (TPSA) is 53.4 Å². The first-order valence-corrected chi connectivity index (χ1v) is 7.98. The van der Waals surface area contributed by atoms with Crippen molar-refractivity contribution in [2.24, 2.45) is 7.05 Å². The van der Waals surface area contributed by atoms with Gasteiger partial charge in [-0.3, -0.25) is 9.58 Å². The second kappa shape index (κ2) is 7.42. The fourth-order valence-corrected chi connectivity index (χ4v) is 2.85. The maximum atomic E-state index is 12.5. The number of hydrogen-bond acceptors (Lipinski definition) is 3. The number of piperazine rings is 1. The zero-order valence-corrected chi connectivity index (χ0v) is 14.2. The van der Waals surface area contributed by atoms with Gasteiger partial charge >= 0.3 is 12.2 Å². The van der Waals surface area contributed by atoms with Crippen LogP contribution in [0.4, 0.5) is 18.0 Å². The Morgan fingerprint density at radius 3 is 2.67 bits per heavy atom. The van der Waals surface area contributed by atoms with Gasteiger partial charge in [-0.1, -0.05) is 0 Å². The summed E-state index contributed by atoms with van der Waals surface area (Å²) in [4.78, 5) is 15.1. The highest BCUT2D eigenvalue weighted by Gasteiger charge is 2.35. The normalized spacial score (nSPS) is 19.6. The van der Waals surface area contributed by atoms with Gasteiger partial charge in [-0.2, -0.15) is 18.3 Å². The van der Waals surface area contributed by atoms with Crippen LogP contribution in [0.2, 0.25) is 0 Å². The molecule has 24 heavy (non-hydrogen) atoms. The van der Waals surface area contributed by atoms with Crippen LogP contribution in [0.25, 0.3) is 0 Å². The summed E-state index contributed by atoms with van der Waals surface area (Å²) in [6, 6.07) is -0.540. The quantitative estimate of drug-likeness (QED) is 0.899. The van der Waals surface area contributed by atoms with E-state index in [2.05, 4.69) is 10.4 Å². The van der Waals surface area contributed by atoms with Crippen molar-refractivity contribution in [3.63, 3.8) is 0 Å². The highest BCUT2D eigenvalue weighted by molar-refractivity contribution is 5.74. The maximum absolute atomic E-state index is 12.5. The summed E-state index contributed by atoms with van der Waals surface area (Å²) in [5, 5.41) is 6.98. The Bertz CT molecular complexity index is 572. The molecular weight excluding hydrogens is 323 g/mol. The van der Waals surface area contributed by atoms with Gasteiger partial charge in [0.05, 0.1) is 12.7 Å². The molecule has 1 aliphatic rings. The van der Waals surface area contributed by atoms with Gasteiger partial charge in [0, 0.05) is 45.0 Å². The summed E-state index contributed by atoms with van der Waals surface area (Å²) in [6.45, 7) is 4.06. The summed E-state index contributed by atoms with van der Waals surface area (Å²) in [7, 11) is 1.86. The minimum absolute atomic E-state index is 0.227. The molecule has 0 radical (unpaired) electrons. The fourth-order valence-electron chi connectivity index (χ4n) is 2.85. The number of alkyl halides is 3. The number of halogens is 3. The van der Waals surface area contributed by atoms with Gasteiger partial charge in [0.25, 0.3) is 0 Å². The van der Waals surface area contributed by atoms with Gasteiger partial charge in [0.15, 0.2) is 0 Å². The molecule has 2 heterocycles. The second-order valence-corrected chi connectivity index (χ2v) is 6.24. The van der Waals surface area contributed by atoms with Gasteiger partial charge in [0.2, 0.25) is 0 Å². The van der Waals surface area contributed by atoms with Gasteiger partial charge in [-0.25, -0.2) is 4.79 Å². The molecule has 2 rings (SSSR count). The van der Waals surface area contributed by atoms with E-state index < -0.39 is 12.7 Å². The molecule has 0 unspecified atom stereocenters. The third-order valence-corrected chi connectivity index (χ3v) is 4.44. The number of nitrogens with zero attached hydrogens (tertiary/aromatic N) is 4. The Hall–Kier alpha value is -1.77. The molecule has 1 N–H and O–H groups in total. The highest BCUT2D eigenvalue weighted by atomic mass is 19.4. The van der Waals surface area contributed by atoms with Crippen molar-refractivity contribution in [3.05, 3.63) is 17.5 Å². The number of aryl methyl sites for hydroxylation is 1. The van der Waals surface area contributed by atoms with Crippen LogP contribution in [0, 0.1) is 6.92 Å². The number of nitrogens with one attached hydrogen (secondary N) is 1. The van der Waals surface area contributed by atoms with Gasteiger partial charge in [-0.15, -0.1) is 0 Å². The molecule has 1 saturated heterocycles. The van der Waals surface area contributed by atoms with Crippen LogP contribution in [0.15, 0.2) is 6.20 Å². The van der Waals surface area contributed by atoms with E-state index in [9.17, 15) is 18.0 Å². The summed E-state index contributed by atoms with van der Waals surface area (Å²) in [6.07, 6.45) is -1.76. The van der Waals surface area contributed by atoms with Crippen molar-refractivity contribution < 1.29 is 18.0 Å². The van der Waals surface area contributed by atoms with Crippen LogP contribution >= 0.6 is 0 Å². The number of aromatic nitrogens is 2. The van der Waals surface area contributed by atoms with E-state index in [1.54, 1.807) is 22.7 Å². The van der Waals surface area contributed by atoms with E-state index in [0.717, 1.165) is 11.3 Å². The van der Waals surface area contributed by atoms with Crippen LogP contribution in [0.1, 0.15) is 18.2 Å². The molecule has 6 nitrogen and oxygen atoms in total. The van der Waals surface area contributed by atoms with E-state index >= 15 is 0 Å². The Morgan fingerprint density at radius 1 is 1.42 bits per heavy atom. The van der Waals surface area contributed by atoms with Crippen molar-refractivity contribution in [1.82, 2.24) is 24.9 Å². The molecule has 1 aromatic rings. The van der Waals surface area contributed by atoms with Gasteiger partial charge in [-0.05, 0) is 25.8 Å². The molecule has 0 saturated carbocycles. The Labute approximate surface area is 139 Å². The Morgan fingerprint density at radius 2 is 2.12 bits per heavy atom. The van der Waals surface area contributed by atoms with E-state index in [1.165, 1.54) is 4.90 Å². The number of urea groups is 1. The molecule has 0 aliphatic carbocycles. The SMILES string of the molecule is Cc1c(CCNC(=O)N2CCN(CC(F)(F)F)[C@@H](C)C2)cnn1C. The molecule has 2 amide bonds. The zero-order valence-electron chi connectivity index (χ0n) is 14.2. The number of carbonyl (C=O) groups is 1. The lowest BCUT2D eigenvalue weighted by Gasteiger charge is -2.39. The van der Waals surface area contributed by atoms with Crippen molar-refractivity contribution >= 4 is 6.03 Å². The lowest BCUT2D eigenvalue weighted by molar-refractivity contribution is -0.153. The Balaban J connectivity index is 1.77. The molecule has 1 aliphatic heterocycles. The third kappa shape index (κ3) is 4.86. The van der Waals surface area contributed by atoms with E-state index in [0.29, 0.717) is 26.1 Å². The summed E-state index contributed by atoms with van der Waals surface area (Å²) < 4.78 is 39.2. The molecule has 1 fully saturated rings. The third-order valence-electron chi connectivity index (χ3n) is 4.44. The van der Waals surface area contributed by atoms with Crippen LogP contribution in [-0.2, 0) is 13.5 Å². The number of hydrogen-bond donors (Lipinski definition) is 1. The molecule has 9 heteroatoms. The summed E-state index contributed by atoms with van der Waals surface area (Å²) in [5.41, 5.74) is 2.12. The van der Waals surface area contributed by atoms with Crippen molar-refractivity contribution in [2.75, 3.05) is 32.7 Å². The molecule has 0 bridgehead atoms. The van der Waals surface area contributed by atoms with Gasteiger partial charge in [0.1, 0.15) is 0 Å². The lowest BCUT2D eigenvalue weighted by atomic mass is 10.2. The molecule has 0 spiro atoms. The second-order valence-electron chi connectivity index (χ2n) is 6.24. The monoisotopic (exact) mass is 347 g/mol. The van der Waals surface area contributed by atoms with Crippen molar-refractivity contribution in [1.29, 1.82) is 0 Å². The predicted molar refractivity (Wildman–Crippen MR) is 83.7 cm³/mol. The molecule has 0 aromatic carbocycles. The smallest absolute Gasteiger partial charge is 0.338 e. The number of amides is 2. The molecular formula is C15H24F3N5O. The highest BCUT2D eigenvalue weighted by Crippen LogP contribution is 2.20. The summed E-state index contributed by atoms with van der Waals surface area (Å²) in [5.74, 6) is 0. The van der Waals surface area contributed by atoms with E-state index in [-0.39, 0.29) is 18.6 Å². The van der Waals surface area contributed by atoms with E-state index in [4.69, 9.17) is 0 Å².